The van der Waals surface area contributed by atoms with Gasteiger partial charge in [0.25, 0.3) is 0 Å². The number of carbonyl (C=O) groups excluding carboxylic acids is 2. The fourth-order valence-electron chi connectivity index (χ4n) is 3.23. The van der Waals surface area contributed by atoms with Crippen LogP contribution < -0.4 is 10.1 Å². The molecule has 0 aliphatic carbocycles. The minimum absolute atomic E-state index is 0.0476. The summed E-state index contributed by atoms with van der Waals surface area (Å²) in [5.41, 5.74) is 2.51. The lowest BCUT2D eigenvalue weighted by Gasteiger charge is -2.34. The Morgan fingerprint density at radius 1 is 1.03 bits per heavy atom. The summed E-state index contributed by atoms with van der Waals surface area (Å²) in [5, 5.41) is 11.6. The van der Waals surface area contributed by atoms with Crippen LogP contribution in [-0.2, 0) is 17.6 Å². The summed E-state index contributed by atoms with van der Waals surface area (Å²) in [7, 11) is 1.60. The molecular weight excluding hydrogens is 368 g/mol. The third-order valence-corrected chi connectivity index (χ3v) is 4.90. The molecule has 29 heavy (non-hydrogen) atoms. The number of piperazine rings is 1. The molecule has 2 aromatic carbocycles. The smallest absolute Gasteiger partial charge is 0.321 e. The molecule has 1 N–H and O–H groups in total. The second-order valence-corrected chi connectivity index (χ2v) is 6.86. The van der Waals surface area contributed by atoms with Crippen molar-refractivity contribution < 1.29 is 14.3 Å². The Morgan fingerprint density at radius 3 is 2.38 bits per heavy atom. The Morgan fingerprint density at radius 2 is 1.72 bits per heavy atom. The molecule has 3 amide bonds. The van der Waals surface area contributed by atoms with Gasteiger partial charge in [0.2, 0.25) is 5.91 Å². The van der Waals surface area contributed by atoms with Gasteiger partial charge in [-0.05, 0) is 35.4 Å². The minimum atomic E-state index is -0.182. The lowest BCUT2D eigenvalue weighted by atomic mass is 10.1. The number of carbonyl (C=O) groups is 2. The van der Waals surface area contributed by atoms with Gasteiger partial charge >= 0.3 is 6.03 Å². The van der Waals surface area contributed by atoms with Crippen LogP contribution in [0.3, 0.4) is 0 Å². The van der Waals surface area contributed by atoms with E-state index in [0.29, 0.717) is 44.7 Å². The molecule has 0 bridgehead atoms. The third-order valence-electron chi connectivity index (χ3n) is 4.90. The van der Waals surface area contributed by atoms with Crippen molar-refractivity contribution in [3.8, 4) is 11.8 Å². The van der Waals surface area contributed by atoms with E-state index in [1.54, 1.807) is 29.0 Å². The number of hydrogen-bond donors (Lipinski definition) is 1. The van der Waals surface area contributed by atoms with Crippen molar-refractivity contribution in [2.24, 2.45) is 0 Å². The molecule has 0 saturated carbocycles. The van der Waals surface area contributed by atoms with Crippen molar-refractivity contribution in [2.45, 2.75) is 12.8 Å². The number of nitriles is 1. The molecule has 1 fully saturated rings. The fourth-order valence-corrected chi connectivity index (χ4v) is 3.23. The summed E-state index contributed by atoms with van der Waals surface area (Å²) in [6, 6.07) is 16.6. The summed E-state index contributed by atoms with van der Waals surface area (Å²) < 4.78 is 5.20. The van der Waals surface area contributed by atoms with Crippen molar-refractivity contribution >= 4 is 17.6 Å². The number of rotatable bonds is 5. The molecule has 1 heterocycles. The van der Waals surface area contributed by atoms with Gasteiger partial charge in [-0.3, -0.25) is 4.79 Å². The van der Waals surface area contributed by atoms with Crippen LogP contribution in [-0.4, -0.2) is 55.0 Å². The van der Waals surface area contributed by atoms with Crippen molar-refractivity contribution in [1.29, 1.82) is 5.26 Å². The van der Waals surface area contributed by atoms with Gasteiger partial charge in [0.1, 0.15) is 5.75 Å². The van der Waals surface area contributed by atoms with Gasteiger partial charge in [-0.2, -0.15) is 5.26 Å². The fraction of sp³-hybridized carbons (Fsp3) is 0.318. The Kier molecular flexibility index (Phi) is 6.69. The molecule has 2 aromatic rings. The number of hydrogen-bond acceptors (Lipinski definition) is 4. The maximum atomic E-state index is 12.6. The van der Waals surface area contributed by atoms with Gasteiger partial charge in [0.05, 0.1) is 26.0 Å². The first-order valence-electron chi connectivity index (χ1n) is 9.51. The van der Waals surface area contributed by atoms with Crippen LogP contribution in [0.1, 0.15) is 11.1 Å². The van der Waals surface area contributed by atoms with Crippen LogP contribution >= 0.6 is 0 Å². The number of anilines is 1. The molecule has 0 unspecified atom stereocenters. The highest BCUT2D eigenvalue weighted by Crippen LogP contribution is 2.15. The van der Waals surface area contributed by atoms with E-state index in [1.807, 2.05) is 36.4 Å². The summed E-state index contributed by atoms with van der Waals surface area (Å²) >= 11 is 0. The van der Waals surface area contributed by atoms with E-state index >= 15 is 0 Å². The molecule has 3 rings (SSSR count). The van der Waals surface area contributed by atoms with E-state index in [-0.39, 0.29) is 11.9 Å². The highest BCUT2D eigenvalue weighted by atomic mass is 16.5. The number of ether oxygens (including phenoxy) is 1. The highest BCUT2D eigenvalue weighted by Gasteiger charge is 2.24. The molecule has 1 saturated heterocycles. The zero-order valence-electron chi connectivity index (χ0n) is 16.4. The van der Waals surface area contributed by atoms with Crippen molar-refractivity contribution in [3.63, 3.8) is 0 Å². The van der Waals surface area contributed by atoms with Crippen LogP contribution in [0.25, 0.3) is 0 Å². The molecule has 1 aliphatic rings. The average Bonchev–Trinajstić information content (AvgIpc) is 2.75. The van der Waals surface area contributed by atoms with Crippen LogP contribution in [0.4, 0.5) is 10.5 Å². The molecule has 0 atom stereocenters. The van der Waals surface area contributed by atoms with Crippen LogP contribution in [0.2, 0.25) is 0 Å². The lowest BCUT2D eigenvalue weighted by molar-refractivity contribution is -0.131. The maximum Gasteiger partial charge on any atom is 0.321 e. The monoisotopic (exact) mass is 392 g/mol. The van der Waals surface area contributed by atoms with Gasteiger partial charge in [-0.25, -0.2) is 4.79 Å². The number of urea groups is 1. The first-order chi connectivity index (χ1) is 14.1. The lowest BCUT2D eigenvalue weighted by Crippen LogP contribution is -2.52. The topological polar surface area (TPSA) is 85.7 Å². The molecule has 7 heteroatoms. The highest BCUT2D eigenvalue weighted by molar-refractivity contribution is 5.89. The predicted molar refractivity (Wildman–Crippen MR) is 110 cm³/mol. The number of methoxy groups -OCH3 is 1. The standard InChI is InChI=1S/C22H24N4O3/c1-29-20-4-2-3-18(15-20)16-21(27)25-11-13-26(14-12-25)22(28)24-19-7-5-17(6-8-19)9-10-23/h2-8,15H,9,11-14,16H2,1H3,(H,24,28). The largest absolute Gasteiger partial charge is 0.497 e. The quantitative estimate of drug-likeness (QED) is 0.848. The summed E-state index contributed by atoms with van der Waals surface area (Å²) in [5.74, 6) is 0.781. The van der Waals surface area contributed by atoms with Crippen molar-refractivity contribution in [3.05, 3.63) is 59.7 Å². The zero-order chi connectivity index (χ0) is 20.6. The number of benzene rings is 2. The molecule has 1 aliphatic heterocycles. The molecule has 0 aromatic heterocycles. The van der Waals surface area contributed by atoms with Crippen molar-refractivity contribution in [1.82, 2.24) is 9.80 Å². The zero-order valence-corrected chi connectivity index (χ0v) is 16.4. The second kappa shape index (κ2) is 9.60. The molecule has 0 spiro atoms. The Bertz CT molecular complexity index is 897. The maximum absolute atomic E-state index is 12.6. The number of nitrogens with zero attached hydrogens (tertiary/aromatic N) is 3. The Hall–Kier alpha value is -3.53. The predicted octanol–water partition coefficient (Wildman–Crippen LogP) is 2.68. The SMILES string of the molecule is COc1cccc(CC(=O)N2CCN(C(=O)Nc3ccc(CC#N)cc3)CC2)c1. The van der Waals surface area contributed by atoms with E-state index in [1.165, 1.54) is 0 Å². The number of amides is 3. The van der Waals surface area contributed by atoms with E-state index in [0.717, 1.165) is 16.9 Å². The Labute approximate surface area is 170 Å². The van der Waals surface area contributed by atoms with E-state index < -0.39 is 0 Å². The van der Waals surface area contributed by atoms with Gasteiger partial charge in [0.15, 0.2) is 0 Å². The normalized spacial score (nSPS) is 13.5. The summed E-state index contributed by atoms with van der Waals surface area (Å²) in [6.07, 6.45) is 0.665. The van der Waals surface area contributed by atoms with Gasteiger partial charge in [0, 0.05) is 31.9 Å². The first-order valence-corrected chi connectivity index (χ1v) is 9.51. The van der Waals surface area contributed by atoms with Crippen LogP contribution in [0.5, 0.6) is 5.75 Å². The molecule has 150 valence electrons. The van der Waals surface area contributed by atoms with Crippen LogP contribution in [0, 0.1) is 11.3 Å². The molecular formula is C22H24N4O3. The third kappa shape index (κ3) is 5.48. The minimum Gasteiger partial charge on any atom is -0.497 e. The van der Waals surface area contributed by atoms with E-state index in [2.05, 4.69) is 11.4 Å². The van der Waals surface area contributed by atoms with Gasteiger partial charge in [-0.1, -0.05) is 24.3 Å². The molecule has 7 nitrogen and oxygen atoms in total. The second-order valence-electron chi connectivity index (χ2n) is 6.86. The van der Waals surface area contributed by atoms with Crippen LogP contribution in [0.15, 0.2) is 48.5 Å². The first kappa shape index (κ1) is 20.2. The van der Waals surface area contributed by atoms with E-state index in [9.17, 15) is 9.59 Å². The van der Waals surface area contributed by atoms with Crippen molar-refractivity contribution in [2.75, 3.05) is 38.6 Å². The summed E-state index contributed by atoms with van der Waals surface area (Å²) in [4.78, 5) is 28.5. The summed E-state index contributed by atoms with van der Waals surface area (Å²) in [6.45, 7) is 2.00. The number of nitrogens with one attached hydrogen (secondary N) is 1. The molecule has 0 radical (unpaired) electrons. The van der Waals surface area contributed by atoms with Gasteiger partial charge < -0.3 is 19.9 Å². The van der Waals surface area contributed by atoms with E-state index in [4.69, 9.17) is 10.00 Å². The Balaban J connectivity index is 1.48. The average molecular weight is 392 g/mol. The van der Waals surface area contributed by atoms with Gasteiger partial charge in [-0.15, -0.1) is 0 Å².